The zero-order valence-corrected chi connectivity index (χ0v) is 13.3. The molecule has 20 heavy (non-hydrogen) atoms. The van der Waals surface area contributed by atoms with Crippen molar-refractivity contribution < 1.29 is 9.53 Å². The topological polar surface area (TPSA) is 89.0 Å². The summed E-state index contributed by atoms with van der Waals surface area (Å²) >= 11 is 1.34. The minimum atomic E-state index is -0.822. The van der Waals surface area contributed by atoms with Crippen LogP contribution in [0, 0.1) is 0 Å². The number of carbonyl (C=O) groups excluding carboxylic acids is 1. The number of thioether (sulfide) groups is 1. The van der Waals surface area contributed by atoms with Gasteiger partial charge in [-0.2, -0.15) is 0 Å². The second-order valence-corrected chi connectivity index (χ2v) is 5.81. The highest BCUT2D eigenvalue weighted by molar-refractivity contribution is 7.99. The van der Waals surface area contributed by atoms with E-state index in [1.807, 2.05) is 13.8 Å². The monoisotopic (exact) mass is 302 g/mol. The van der Waals surface area contributed by atoms with Crippen molar-refractivity contribution in [2.24, 2.45) is 0 Å². The van der Waals surface area contributed by atoms with E-state index in [4.69, 9.17) is 4.74 Å². The van der Waals surface area contributed by atoms with E-state index in [0.29, 0.717) is 17.5 Å². The maximum atomic E-state index is 11.9. The van der Waals surface area contributed by atoms with Gasteiger partial charge in [0.15, 0.2) is 5.16 Å². The molecule has 0 aliphatic carbocycles. The molecule has 0 spiro atoms. The molecule has 7 nitrogen and oxygen atoms in total. The second-order valence-electron chi connectivity index (χ2n) is 4.87. The van der Waals surface area contributed by atoms with E-state index >= 15 is 0 Å². The lowest BCUT2D eigenvalue weighted by atomic mass is 10.1. The SMILES string of the molecule is CCOC(=O)C(C)(CSc1n[nH]c(=O)n1C(C)C)NC. The number of rotatable bonds is 7. The summed E-state index contributed by atoms with van der Waals surface area (Å²) in [7, 11) is 1.71. The number of esters is 1. The van der Waals surface area contributed by atoms with Crippen LogP contribution in [0.15, 0.2) is 9.95 Å². The average Bonchev–Trinajstić information content (AvgIpc) is 2.77. The number of carbonyl (C=O) groups is 1. The number of hydrogen-bond donors (Lipinski definition) is 2. The van der Waals surface area contributed by atoms with Crippen LogP contribution in [0.25, 0.3) is 0 Å². The third-order valence-electron chi connectivity index (χ3n) is 2.96. The van der Waals surface area contributed by atoms with Crippen LogP contribution in [-0.4, -0.2) is 45.7 Å². The number of hydrogen-bond acceptors (Lipinski definition) is 6. The molecule has 1 rings (SSSR count). The van der Waals surface area contributed by atoms with Gasteiger partial charge in [0.1, 0.15) is 5.54 Å². The van der Waals surface area contributed by atoms with Crippen molar-refractivity contribution in [3.8, 4) is 0 Å². The summed E-state index contributed by atoms with van der Waals surface area (Å²) in [5.41, 5.74) is -1.07. The smallest absolute Gasteiger partial charge is 0.344 e. The Morgan fingerprint density at radius 1 is 1.60 bits per heavy atom. The highest BCUT2D eigenvalue weighted by atomic mass is 32.2. The summed E-state index contributed by atoms with van der Waals surface area (Å²) in [6, 6.07) is 0.00665. The van der Waals surface area contributed by atoms with Gasteiger partial charge in [-0.25, -0.2) is 9.89 Å². The van der Waals surface area contributed by atoms with E-state index in [1.54, 1.807) is 25.5 Å². The zero-order valence-electron chi connectivity index (χ0n) is 12.5. The molecule has 1 aromatic rings. The predicted molar refractivity (Wildman–Crippen MR) is 78.1 cm³/mol. The summed E-state index contributed by atoms with van der Waals surface area (Å²) in [4.78, 5) is 23.6. The second kappa shape index (κ2) is 6.94. The lowest BCUT2D eigenvalue weighted by molar-refractivity contribution is -0.149. The van der Waals surface area contributed by atoms with Gasteiger partial charge in [-0.05, 0) is 34.7 Å². The van der Waals surface area contributed by atoms with Gasteiger partial charge in [-0.3, -0.25) is 9.36 Å². The van der Waals surface area contributed by atoms with Crippen LogP contribution >= 0.6 is 11.8 Å². The molecule has 0 aliphatic heterocycles. The fourth-order valence-corrected chi connectivity index (χ4v) is 2.80. The average molecular weight is 302 g/mol. The zero-order chi connectivity index (χ0) is 15.3. The first-order chi connectivity index (χ1) is 9.35. The Morgan fingerprint density at radius 2 is 2.25 bits per heavy atom. The van der Waals surface area contributed by atoms with E-state index < -0.39 is 5.54 Å². The molecule has 0 aliphatic rings. The number of nitrogens with zero attached hydrogens (tertiary/aromatic N) is 2. The lowest BCUT2D eigenvalue weighted by Gasteiger charge is -2.26. The van der Waals surface area contributed by atoms with Gasteiger partial charge in [-0.1, -0.05) is 11.8 Å². The molecule has 0 saturated carbocycles. The molecule has 8 heteroatoms. The molecule has 1 atom stereocenters. The van der Waals surface area contributed by atoms with E-state index in [1.165, 1.54) is 11.8 Å². The first-order valence-corrected chi connectivity index (χ1v) is 7.50. The Hall–Kier alpha value is -1.28. The van der Waals surface area contributed by atoms with E-state index in [0.717, 1.165) is 0 Å². The predicted octanol–water partition coefficient (Wildman–Crippen LogP) is 0.786. The molecule has 2 N–H and O–H groups in total. The van der Waals surface area contributed by atoms with Crippen LogP contribution in [0.2, 0.25) is 0 Å². The van der Waals surface area contributed by atoms with Crippen molar-refractivity contribution in [3.63, 3.8) is 0 Å². The van der Waals surface area contributed by atoms with Gasteiger partial charge < -0.3 is 10.1 Å². The van der Waals surface area contributed by atoms with Gasteiger partial charge in [0.05, 0.1) is 6.61 Å². The number of aromatic amines is 1. The third-order valence-corrected chi connectivity index (χ3v) is 4.22. The molecule has 0 amide bonds. The van der Waals surface area contributed by atoms with Gasteiger partial charge in [0.25, 0.3) is 0 Å². The molecule has 1 heterocycles. The molecule has 0 saturated heterocycles. The first kappa shape index (κ1) is 16.8. The normalized spacial score (nSPS) is 14.3. The Balaban J connectivity index is 2.84. The summed E-state index contributed by atoms with van der Waals surface area (Å²) < 4.78 is 6.62. The standard InChI is InChI=1S/C12H22N4O3S/c1-6-19-9(17)12(4,13-5)7-20-11-15-14-10(18)16(11)8(2)3/h8,13H,6-7H2,1-5H3,(H,14,18). The Bertz CT molecular complexity index is 511. The van der Waals surface area contributed by atoms with Crippen LogP contribution in [-0.2, 0) is 9.53 Å². The lowest BCUT2D eigenvalue weighted by Crippen LogP contribution is -2.51. The van der Waals surface area contributed by atoms with Crippen LogP contribution in [0.4, 0.5) is 0 Å². The third kappa shape index (κ3) is 3.63. The summed E-state index contributed by atoms with van der Waals surface area (Å²) in [5.74, 6) is 0.100. The van der Waals surface area contributed by atoms with Crippen LogP contribution < -0.4 is 11.0 Å². The number of ether oxygens (including phenoxy) is 1. The first-order valence-electron chi connectivity index (χ1n) is 6.51. The van der Waals surface area contributed by atoms with E-state index in [-0.39, 0.29) is 17.7 Å². The molecular formula is C12H22N4O3S. The van der Waals surface area contributed by atoms with Crippen molar-refractivity contribution >= 4 is 17.7 Å². The minimum Gasteiger partial charge on any atom is -0.465 e. The Kier molecular flexibility index (Phi) is 5.82. The fourth-order valence-electron chi connectivity index (χ4n) is 1.58. The molecule has 0 bridgehead atoms. The quantitative estimate of drug-likeness (QED) is 0.572. The van der Waals surface area contributed by atoms with Gasteiger partial charge in [0, 0.05) is 11.8 Å². The number of H-pyrrole nitrogens is 1. The Morgan fingerprint density at radius 3 is 2.75 bits per heavy atom. The summed E-state index contributed by atoms with van der Waals surface area (Å²) in [5, 5.41) is 9.95. The van der Waals surface area contributed by atoms with Crippen LogP contribution in [0.3, 0.4) is 0 Å². The van der Waals surface area contributed by atoms with Crippen molar-refractivity contribution in [3.05, 3.63) is 10.5 Å². The summed E-state index contributed by atoms with van der Waals surface area (Å²) in [6.07, 6.45) is 0. The van der Waals surface area contributed by atoms with Crippen molar-refractivity contribution in [1.82, 2.24) is 20.1 Å². The molecule has 114 valence electrons. The Labute approximate surface area is 122 Å². The minimum absolute atomic E-state index is 0.00665. The number of aromatic nitrogens is 3. The van der Waals surface area contributed by atoms with Crippen LogP contribution in [0.5, 0.6) is 0 Å². The number of likely N-dealkylation sites (N-methyl/N-ethyl adjacent to an activating group) is 1. The molecule has 1 aromatic heterocycles. The van der Waals surface area contributed by atoms with Crippen molar-refractivity contribution in [2.45, 2.75) is 44.4 Å². The van der Waals surface area contributed by atoms with Crippen molar-refractivity contribution in [1.29, 1.82) is 0 Å². The molecule has 0 radical (unpaired) electrons. The summed E-state index contributed by atoms with van der Waals surface area (Å²) in [6.45, 7) is 7.68. The maximum absolute atomic E-state index is 11.9. The molecular weight excluding hydrogens is 280 g/mol. The van der Waals surface area contributed by atoms with Crippen LogP contribution in [0.1, 0.15) is 33.7 Å². The van der Waals surface area contributed by atoms with E-state index in [9.17, 15) is 9.59 Å². The molecule has 1 unspecified atom stereocenters. The fraction of sp³-hybridized carbons (Fsp3) is 0.750. The highest BCUT2D eigenvalue weighted by Crippen LogP contribution is 2.22. The molecule has 0 fully saturated rings. The van der Waals surface area contributed by atoms with E-state index in [2.05, 4.69) is 15.5 Å². The van der Waals surface area contributed by atoms with Gasteiger partial charge in [0.2, 0.25) is 0 Å². The molecule has 0 aromatic carbocycles. The van der Waals surface area contributed by atoms with Crippen molar-refractivity contribution in [2.75, 3.05) is 19.4 Å². The largest absolute Gasteiger partial charge is 0.465 e. The highest BCUT2D eigenvalue weighted by Gasteiger charge is 2.33. The maximum Gasteiger partial charge on any atom is 0.344 e. The van der Waals surface area contributed by atoms with Gasteiger partial charge in [-0.15, -0.1) is 5.10 Å². The van der Waals surface area contributed by atoms with Gasteiger partial charge >= 0.3 is 11.7 Å². The number of nitrogens with one attached hydrogen (secondary N) is 2.